The molecular formula is C16H15N5OS2. The molecule has 0 unspecified atom stereocenters. The minimum Gasteiger partial charge on any atom is -0.298 e. The number of thiocarbonyl (C=S) groups is 2. The summed E-state index contributed by atoms with van der Waals surface area (Å²) in [6.45, 7) is 0. The van der Waals surface area contributed by atoms with E-state index in [1.54, 1.807) is 30.5 Å². The van der Waals surface area contributed by atoms with Gasteiger partial charge in [-0.3, -0.25) is 26.4 Å². The van der Waals surface area contributed by atoms with Gasteiger partial charge in [0.05, 0.1) is 6.21 Å². The molecule has 0 atom stereocenters. The van der Waals surface area contributed by atoms with Crippen LogP contribution in [0.25, 0.3) is 0 Å². The van der Waals surface area contributed by atoms with Gasteiger partial charge in [-0.05, 0) is 42.1 Å². The van der Waals surface area contributed by atoms with E-state index in [4.69, 9.17) is 24.4 Å². The summed E-state index contributed by atoms with van der Waals surface area (Å²) >= 11 is 10.0. The number of carbonyl (C=O) groups excluding carboxylic acids is 1. The fraction of sp³-hybridized carbons (Fsp3) is 0. The molecule has 1 amide bonds. The second-order valence-electron chi connectivity index (χ2n) is 4.51. The van der Waals surface area contributed by atoms with Gasteiger partial charge in [0.15, 0.2) is 5.11 Å². The zero-order chi connectivity index (χ0) is 17.2. The van der Waals surface area contributed by atoms with Gasteiger partial charge >= 0.3 is 0 Å². The summed E-state index contributed by atoms with van der Waals surface area (Å²) < 4.78 is 0. The predicted octanol–water partition coefficient (Wildman–Crippen LogP) is 1.70. The Morgan fingerprint density at radius 2 is 1.46 bits per heavy atom. The molecule has 4 N–H and O–H groups in total. The van der Waals surface area contributed by atoms with E-state index in [-0.39, 0.29) is 16.1 Å². The fourth-order valence-corrected chi connectivity index (χ4v) is 1.89. The van der Waals surface area contributed by atoms with Crippen molar-refractivity contribution in [2.24, 2.45) is 5.10 Å². The maximum Gasteiger partial charge on any atom is 0.257 e. The van der Waals surface area contributed by atoms with Crippen LogP contribution in [0.2, 0.25) is 0 Å². The number of benzene rings is 2. The van der Waals surface area contributed by atoms with Crippen molar-refractivity contribution in [2.45, 2.75) is 0 Å². The van der Waals surface area contributed by atoms with Crippen molar-refractivity contribution in [3.8, 4) is 0 Å². The van der Waals surface area contributed by atoms with Crippen molar-refractivity contribution >= 4 is 46.8 Å². The van der Waals surface area contributed by atoms with Gasteiger partial charge < -0.3 is 0 Å². The van der Waals surface area contributed by atoms with Crippen LogP contribution in [-0.4, -0.2) is 22.3 Å². The first-order valence-corrected chi connectivity index (χ1v) is 7.77. The van der Waals surface area contributed by atoms with E-state index in [0.717, 1.165) is 5.56 Å². The third-order valence-corrected chi connectivity index (χ3v) is 3.13. The van der Waals surface area contributed by atoms with E-state index in [2.05, 4.69) is 26.7 Å². The van der Waals surface area contributed by atoms with Crippen LogP contribution in [0.4, 0.5) is 0 Å². The van der Waals surface area contributed by atoms with Crippen LogP contribution in [0.3, 0.4) is 0 Å². The first-order chi connectivity index (χ1) is 11.6. The monoisotopic (exact) mass is 357 g/mol. The number of amides is 1. The molecule has 2 rings (SSSR count). The number of nitrogens with one attached hydrogen (secondary N) is 4. The second-order valence-corrected chi connectivity index (χ2v) is 5.33. The van der Waals surface area contributed by atoms with Crippen molar-refractivity contribution in [2.75, 3.05) is 0 Å². The number of hydrazine groups is 1. The summed E-state index contributed by atoms with van der Waals surface area (Å²) in [5, 5.41) is 6.81. The van der Waals surface area contributed by atoms with Crippen molar-refractivity contribution in [3.63, 3.8) is 0 Å². The molecular weight excluding hydrogens is 342 g/mol. The number of carbonyl (C=O) groups is 1. The smallest absolute Gasteiger partial charge is 0.257 e. The van der Waals surface area contributed by atoms with Crippen molar-refractivity contribution in [3.05, 3.63) is 71.8 Å². The van der Waals surface area contributed by atoms with Gasteiger partial charge in [0.25, 0.3) is 5.91 Å². The molecule has 0 saturated carbocycles. The molecule has 0 saturated heterocycles. The molecule has 2 aromatic rings. The largest absolute Gasteiger partial charge is 0.298 e. The molecule has 2 aromatic carbocycles. The Kier molecular flexibility index (Phi) is 6.81. The molecule has 122 valence electrons. The maximum absolute atomic E-state index is 11.9. The van der Waals surface area contributed by atoms with E-state index in [1.807, 2.05) is 36.4 Å². The molecule has 0 aliphatic carbocycles. The first kappa shape index (κ1) is 17.5. The fourth-order valence-electron chi connectivity index (χ4n) is 1.64. The second kappa shape index (κ2) is 9.33. The highest BCUT2D eigenvalue weighted by Crippen LogP contribution is 1.97. The minimum atomic E-state index is -0.309. The number of hydrogen-bond acceptors (Lipinski definition) is 4. The van der Waals surface area contributed by atoms with Gasteiger partial charge in [0, 0.05) is 5.56 Å². The van der Waals surface area contributed by atoms with E-state index in [9.17, 15) is 4.79 Å². The molecule has 0 bridgehead atoms. The zero-order valence-electron chi connectivity index (χ0n) is 12.5. The number of hydrogen-bond donors (Lipinski definition) is 4. The lowest BCUT2D eigenvalue weighted by Gasteiger charge is -2.11. The topological polar surface area (TPSA) is 77.5 Å². The quantitative estimate of drug-likeness (QED) is 0.381. The third-order valence-electron chi connectivity index (χ3n) is 2.73. The Morgan fingerprint density at radius 1 is 0.875 bits per heavy atom. The van der Waals surface area contributed by atoms with Gasteiger partial charge in [-0.15, -0.1) is 0 Å². The Bertz CT molecular complexity index is 735. The first-order valence-electron chi connectivity index (χ1n) is 6.95. The molecule has 6 nitrogen and oxygen atoms in total. The van der Waals surface area contributed by atoms with E-state index < -0.39 is 0 Å². The summed E-state index contributed by atoms with van der Waals surface area (Å²) in [4.78, 5) is 11.9. The van der Waals surface area contributed by atoms with Gasteiger partial charge in [0.2, 0.25) is 5.11 Å². The van der Waals surface area contributed by atoms with Crippen molar-refractivity contribution < 1.29 is 4.79 Å². The average molecular weight is 357 g/mol. The standard InChI is InChI=1S/C16H15N5OS2/c22-14(13-9-5-2-6-10-13)18-15(23)20-21-16(24)19-17-11-12-7-3-1-4-8-12/h1-11H,(H2,19,21,24)(H2,18,20,22,23)/b17-11+. The Balaban J connectivity index is 1.70. The number of rotatable bonds is 3. The molecule has 24 heavy (non-hydrogen) atoms. The lowest BCUT2D eigenvalue weighted by atomic mass is 10.2. The SMILES string of the molecule is O=C(NC(=S)NNC(=S)N/N=C/c1ccccc1)c1ccccc1. The third kappa shape index (κ3) is 6.11. The van der Waals surface area contributed by atoms with Gasteiger partial charge in [0.1, 0.15) is 0 Å². The van der Waals surface area contributed by atoms with E-state index >= 15 is 0 Å². The molecule has 8 heteroatoms. The molecule has 0 aliphatic rings. The Morgan fingerprint density at radius 3 is 2.12 bits per heavy atom. The number of nitrogens with zero attached hydrogens (tertiary/aromatic N) is 1. The van der Waals surface area contributed by atoms with Crippen molar-refractivity contribution in [1.29, 1.82) is 0 Å². The molecule has 0 heterocycles. The molecule has 0 radical (unpaired) electrons. The van der Waals surface area contributed by atoms with Crippen molar-refractivity contribution in [1.82, 2.24) is 21.6 Å². The average Bonchev–Trinajstić information content (AvgIpc) is 2.61. The van der Waals surface area contributed by atoms with Crippen LogP contribution < -0.4 is 21.6 Å². The van der Waals surface area contributed by atoms with E-state index in [0.29, 0.717) is 5.56 Å². The summed E-state index contributed by atoms with van der Waals surface area (Å²) in [6.07, 6.45) is 1.63. The highest BCUT2D eigenvalue weighted by molar-refractivity contribution is 7.80. The highest BCUT2D eigenvalue weighted by atomic mass is 32.1. The van der Waals surface area contributed by atoms with Crippen LogP contribution in [0, 0.1) is 0 Å². The highest BCUT2D eigenvalue weighted by Gasteiger charge is 2.06. The lowest BCUT2D eigenvalue weighted by Crippen LogP contribution is -2.50. The van der Waals surface area contributed by atoms with Crippen LogP contribution in [0.1, 0.15) is 15.9 Å². The normalized spacial score (nSPS) is 10.0. The summed E-state index contributed by atoms with van der Waals surface area (Å²) in [7, 11) is 0. The summed E-state index contributed by atoms with van der Waals surface area (Å²) in [5.41, 5.74) is 9.30. The van der Waals surface area contributed by atoms with Crippen LogP contribution >= 0.6 is 24.4 Å². The van der Waals surface area contributed by atoms with Crippen LogP contribution in [-0.2, 0) is 0 Å². The molecule has 0 fully saturated rings. The van der Waals surface area contributed by atoms with Crippen LogP contribution in [0.15, 0.2) is 65.8 Å². The molecule has 0 aliphatic heterocycles. The van der Waals surface area contributed by atoms with Gasteiger partial charge in [-0.25, -0.2) is 0 Å². The summed E-state index contributed by atoms with van der Waals surface area (Å²) in [5.74, 6) is -0.309. The van der Waals surface area contributed by atoms with Gasteiger partial charge in [-0.2, -0.15) is 5.10 Å². The zero-order valence-corrected chi connectivity index (χ0v) is 14.2. The maximum atomic E-state index is 11.9. The molecule has 0 spiro atoms. The van der Waals surface area contributed by atoms with E-state index in [1.165, 1.54) is 0 Å². The minimum absolute atomic E-state index is 0.0973. The number of hydrazone groups is 1. The Hall–Kier alpha value is -2.84. The predicted molar refractivity (Wildman–Crippen MR) is 103 cm³/mol. The lowest BCUT2D eigenvalue weighted by molar-refractivity contribution is 0.0976. The molecule has 0 aromatic heterocycles. The van der Waals surface area contributed by atoms with Gasteiger partial charge in [-0.1, -0.05) is 48.5 Å². The van der Waals surface area contributed by atoms with Crippen LogP contribution in [0.5, 0.6) is 0 Å². The summed E-state index contributed by atoms with van der Waals surface area (Å²) in [6, 6.07) is 18.3. The Labute approximate surface area is 150 Å².